The van der Waals surface area contributed by atoms with Gasteiger partial charge >= 0.3 is 6.18 Å². The van der Waals surface area contributed by atoms with E-state index in [1.165, 1.54) is 11.3 Å². The van der Waals surface area contributed by atoms with Crippen LogP contribution in [0.2, 0.25) is 0 Å². The molecule has 0 aliphatic carbocycles. The van der Waals surface area contributed by atoms with E-state index in [0.29, 0.717) is 61.7 Å². The molecule has 2 unspecified atom stereocenters. The van der Waals surface area contributed by atoms with Crippen molar-refractivity contribution in [3.05, 3.63) is 87.0 Å². The Morgan fingerprint density at radius 2 is 2.07 bits per heavy atom. The van der Waals surface area contributed by atoms with E-state index >= 15 is 0 Å². The van der Waals surface area contributed by atoms with E-state index in [9.17, 15) is 22.8 Å². The minimum Gasteiger partial charge on any atom is -0.375 e. The number of pyridine rings is 1. The Bertz CT molecular complexity index is 1660. The Morgan fingerprint density at radius 3 is 2.85 bits per heavy atom. The molecule has 0 radical (unpaired) electrons. The number of carbonyl (C=O) groups excluding carboxylic acids is 2. The number of carbonyl (C=O) groups is 2. The summed E-state index contributed by atoms with van der Waals surface area (Å²) < 4.78 is 48.6. The summed E-state index contributed by atoms with van der Waals surface area (Å²) in [5, 5.41) is 4.44. The lowest BCUT2D eigenvalue weighted by Gasteiger charge is -2.27. The molecular formula is C29H26F3N5O3S. The van der Waals surface area contributed by atoms with E-state index in [0.717, 1.165) is 29.0 Å². The zero-order chi connectivity index (χ0) is 28.3. The molecule has 12 heteroatoms. The van der Waals surface area contributed by atoms with Gasteiger partial charge in [0.15, 0.2) is 0 Å². The molecule has 2 fully saturated rings. The van der Waals surface area contributed by atoms with E-state index in [1.54, 1.807) is 33.1 Å². The Kier molecular flexibility index (Phi) is 6.36. The summed E-state index contributed by atoms with van der Waals surface area (Å²) in [5.74, 6) is -0.606. The predicted molar refractivity (Wildman–Crippen MR) is 146 cm³/mol. The average molecular weight is 582 g/mol. The highest BCUT2D eigenvalue weighted by atomic mass is 32.1. The van der Waals surface area contributed by atoms with Crippen LogP contribution in [0, 0.1) is 0 Å². The maximum atomic E-state index is 13.8. The van der Waals surface area contributed by atoms with Crippen molar-refractivity contribution in [1.29, 1.82) is 0 Å². The number of nitrogens with zero attached hydrogens (tertiary/aromatic N) is 4. The van der Waals surface area contributed by atoms with E-state index in [-0.39, 0.29) is 23.7 Å². The number of imidazole rings is 1. The lowest BCUT2D eigenvalue weighted by atomic mass is 10.0. The van der Waals surface area contributed by atoms with Gasteiger partial charge in [-0.05, 0) is 54.3 Å². The lowest BCUT2D eigenvalue weighted by molar-refractivity contribution is -0.137. The zero-order valence-corrected chi connectivity index (χ0v) is 22.7. The lowest BCUT2D eigenvalue weighted by Crippen LogP contribution is -2.36. The Hall–Kier alpha value is -3.74. The number of alkyl halides is 3. The number of aromatic nitrogens is 2. The van der Waals surface area contributed by atoms with E-state index < -0.39 is 17.6 Å². The average Bonchev–Trinajstić information content (AvgIpc) is 3.75. The van der Waals surface area contributed by atoms with Crippen LogP contribution >= 0.6 is 11.3 Å². The summed E-state index contributed by atoms with van der Waals surface area (Å²) in [6.45, 7) is 2.42. The van der Waals surface area contributed by atoms with Crippen molar-refractivity contribution >= 4 is 34.5 Å². The van der Waals surface area contributed by atoms with E-state index in [4.69, 9.17) is 4.74 Å². The molecule has 6 heterocycles. The topological polar surface area (TPSA) is 79.2 Å². The number of benzene rings is 1. The molecule has 1 N–H and O–H groups in total. The summed E-state index contributed by atoms with van der Waals surface area (Å²) in [6.07, 6.45) is 0.319. The third-order valence-electron chi connectivity index (χ3n) is 8.09. The van der Waals surface area contributed by atoms with Gasteiger partial charge in [-0.1, -0.05) is 6.07 Å². The summed E-state index contributed by atoms with van der Waals surface area (Å²) >= 11 is 1.38. The molecule has 3 aromatic heterocycles. The molecule has 212 valence electrons. The van der Waals surface area contributed by atoms with Crippen LogP contribution < -0.4 is 5.32 Å². The van der Waals surface area contributed by atoms with Crippen LogP contribution in [0.5, 0.6) is 0 Å². The van der Waals surface area contributed by atoms with Crippen molar-refractivity contribution < 1.29 is 27.5 Å². The van der Waals surface area contributed by atoms with Gasteiger partial charge in [-0.15, -0.1) is 11.3 Å². The van der Waals surface area contributed by atoms with Crippen molar-refractivity contribution in [2.24, 2.45) is 0 Å². The first-order valence-corrected chi connectivity index (χ1v) is 14.3. The van der Waals surface area contributed by atoms with Gasteiger partial charge in [-0.3, -0.25) is 18.9 Å². The number of likely N-dealkylation sites (tertiary alicyclic amines) is 1. The number of halogens is 3. The van der Waals surface area contributed by atoms with Gasteiger partial charge in [-0.2, -0.15) is 13.2 Å². The molecule has 0 spiro atoms. The number of amides is 2. The molecule has 41 heavy (non-hydrogen) atoms. The van der Waals surface area contributed by atoms with Crippen molar-refractivity contribution in [3.8, 4) is 0 Å². The number of hydrogen-bond donors (Lipinski definition) is 1. The van der Waals surface area contributed by atoms with Crippen LogP contribution in [-0.2, 0) is 30.4 Å². The number of ether oxygens (including phenoxy) is 1. The Morgan fingerprint density at radius 1 is 1.20 bits per heavy atom. The molecule has 2 saturated heterocycles. The van der Waals surface area contributed by atoms with Crippen molar-refractivity contribution in [3.63, 3.8) is 0 Å². The summed E-state index contributed by atoms with van der Waals surface area (Å²) in [4.78, 5) is 35.6. The smallest absolute Gasteiger partial charge is 0.375 e. The molecular weight excluding hydrogens is 555 g/mol. The van der Waals surface area contributed by atoms with Crippen LogP contribution in [0.1, 0.15) is 48.8 Å². The quantitative estimate of drug-likeness (QED) is 0.365. The second-order valence-electron chi connectivity index (χ2n) is 10.7. The summed E-state index contributed by atoms with van der Waals surface area (Å²) in [5.41, 5.74) is 2.23. The predicted octanol–water partition coefficient (Wildman–Crippen LogP) is 4.84. The minimum absolute atomic E-state index is 0.112. The molecule has 3 aliphatic heterocycles. The van der Waals surface area contributed by atoms with Crippen LogP contribution in [0.15, 0.2) is 54.2 Å². The SMILES string of the molecule is O=C(Nc1cc(CN2CC3CC2CO3)cc(C(F)(F)F)c1)c1csc2c1CCN(C(=O)c1cnc3ccccn13)C2. The number of anilines is 1. The van der Waals surface area contributed by atoms with Crippen LogP contribution in [0.25, 0.3) is 5.65 Å². The van der Waals surface area contributed by atoms with Crippen LogP contribution in [0.4, 0.5) is 18.9 Å². The largest absolute Gasteiger partial charge is 0.416 e. The van der Waals surface area contributed by atoms with E-state index in [2.05, 4.69) is 15.2 Å². The van der Waals surface area contributed by atoms with Gasteiger partial charge in [0.2, 0.25) is 0 Å². The number of thiophene rings is 1. The normalized spacial score (nSPS) is 20.5. The molecule has 0 saturated carbocycles. The van der Waals surface area contributed by atoms with Gasteiger partial charge < -0.3 is 15.0 Å². The second-order valence-corrected chi connectivity index (χ2v) is 11.7. The van der Waals surface area contributed by atoms with Gasteiger partial charge in [0.25, 0.3) is 11.8 Å². The molecule has 8 nitrogen and oxygen atoms in total. The van der Waals surface area contributed by atoms with Gasteiger partial charge in [-0.25, -0.2) is 4.98 Å². The molecule has 4 aromatic rings. The molecule has 2 amide bonds. The highest BCUT2D eigenvalue weighted by Crippen LogP contribution is 2.35. The maximum absolute atomic E-state index is 13.8. The monoisotopic (exact) mass is 581 g/mol. The summed E-state index contributed by atoms with van der Waals surface area (Å²) in [6, 6.07) is 9.49. The van der Waals surface area contributed by atoms with E-state index in [1.807, 2.05) is 18.2 Å². The van der Waals surface area contributed by atoms with Crippen LogP contribution in [0.3, 0.4) is 0 Å². The van der Waals surface area contributed by atoms with Crippen LogP contribution in [-0.4, -0.2) is 62.8 Å². The fourth-order valence-electron chi connectivity index (χ4n) is 6.07. The number of rotatable bonds is 5. The van der Waals surface area contributed by atoms with Gasteiger partial charge in [0.1, 0.15) is 11.3 Å². The van der Waals surface area contributed by atoms with Crippen molar-refractivity contribution in [2.75, 3.05) is 25.0 Å². The molecule has 1 aromatic carbocycles. The fraction of sp³-hybridized carbons (Fsp3) is 0.345. The first-order chi connectivity index (χ1) is 19.7. The number of fused-ring (bicyclic) bond motifs is 4. The number of hydrogen-bond acceptors (Lipinski definition) is 6. The minimum atomic E-state index is -4.54. The second kappa shape index (κ2) is 9.97. The number of morpholine rings is 1. The maximum Gasteiger partial charge on any atom is 0.416 e. The molecule has 7 rings (SSSR count). The van der Waals surface area contributed by atoms with Gasteiger partial charge in [0, 0.05) is 47.8 Å². The molecule has 2 bridgehead atoms. The first kappa shape index (κ1) is 26.2. The first-order valence-electron chi connectivity index (χ1n) is 13.4. The Labute approximate surface area is 237 Å². The third kappa shape index (κ3) is 4.89. The Balaban J connectivity index is 1.08. The number of nitrogens with one attached hydrogen (secondary N) is 1. The van der Waals surface area contributed by atoms with Crippen molar-refractivity contribution in [2.45, 2.75) is 44.3 Å². The van der Waals surface area contributed by atoms with Gasteiger partial charge in [0.05, 0.1) is 36.6 Å². The standard InChI is InChI=1S/C29H26F3N5O3S/c30-29(31,32)18-7-17(12-36-13-21-10-20(36)15-40-21)8-19(9-18)34-27(38)23-16-41-25-14-35(6-4-22(23)25)28(39)24-11-33-26-3-1-2-5-37(24)26/h1-3,5,7-9,11,16,20-21H,4,6,10,12-15H2,(H,34,38). The third-order valence-corrected chi connectivity index (χ3v) is 9.11. The highest BCUT2D eigenvalue weighted by Gasteiger charge is 2.39. The molecule has 3 aliphatic rings. The molecule has 2 atom stereocenters. The highest BCUT2D eigenvalue weighted by molar-refractivity contribution is 7.10. The fourth-order valence-corrected chi connectivity index (χ4v) is 7.16. The van der Waals surface area contributed by atoms with Crippen molar-refractivity contribution in [1.82, 2.24) is 19.2 Å². The summed E-state index contributed by atoms with van der Waals surface area (Å²) in [7, 11) is 0. The zero-order valence-electron chi connectivity index (χ0n) is 21.9.